The van der Waals surface area contributed by atoms with Crippen molar-refractivity contribution in [3.05, 3.63) is 6.33 Å². The highest BCUT2D eigenvalue weighted by atomic mass is 15.1. The Hall–Kier alpha value is -1.89. The molecule has 3 rings (SSSR count). The fourth-order valence-electron chi connectivity index (χ4n) is 2.49. The van der Waals surface area contributed by atoms with Gasteiger partial charge in [-0.2, -0.15) is 9.97 Å². The molecule has 3 heterocycles. The van der Waals surface area contributed by atoms with Crippen LogP contribution in [0.25, 0.3) is 11.2 Å². The van der Waals surface area contributed by atoms with Gasteiger partial charge in [0.25, 0.3) is 0 Å². The van der Waals surface area contributed by atoms with Crippen LogP contribution in [0.2, 0.25) is 0 Å². The first kappa shape index (κ1) is 12.2. The Labute approximate surface area is 111 Å². The molecular formula is C12H19N7. The maximum absolute atomic E-state index is 5.66. The number of imidazole rings is 1. The van der Waals surface area contributed by atoms with Gasteiger partial charge in [-0.25, -0.2) is 4.98 Å². The SMILES string of the molecule is Nc1nc(NCCCN2CCCC2)c2[nH]cnc2n1. The van der Waals surface area contributed by atoms with Crippen LogP contribution in [-0.4, -0.2) is 51.0 Å². The highest BCUT2D eigenvalue weighted by Gasteiger charge is 2.11. The van der Waals surface area contributed by atoms with Gasteiger partial charge in [-0.15, -0.1) is 0 Å². The number of aromatic amines is 1. The Bertz CT molecular complexity index is 544. The van der Waals surface area contributed by atoms with Crippen LogP contribution >= 0.6 is 0 Å². The summed E-state index contributed by atoms with van der Waals surface area (Å²) >= 11 is 0. The van der Waals surface area contributed by atoms with Crippen molar-refractivity contribution < 1.29 is 0 Å². The van der Waals surface area contributed by atoms with Crippen molar-refractivity contribution in [2.45, 2.75) is 19.3 Å². The third-order valence-electron chi connectivity index (χ3n) is 3.45. The van der Waals surface area contributed by atoms with Crippen molar-refractivity contribution in [3.8, 4) is 0 Å². The van der Waals surface area contributed by atoms with Gasteiger partial charge in [0.1, 0.15) is 5.52 Å². The molecule has 1 aliphatic heterocycles. The Kier molecular flexibility index (Phi) is 3.45. The second-order valence-corrected chi connectivity index (χ2v) is 4.86. The summed E-state index contributed by atoms with van der Waals surface area (Å²) in [6.07, 6.45) is 5.38. The maximum atomic E-state index is 5.66. The monoisotopic (exact) mass is 261 g/mol. The van der Waals surface area contributed by atoms with E-state index in [-0.39, 0.29) is 5.95 Å². The van der Waals surface area contributed by atoms with Gasteiger partial charge >= 0.3 is 0 Å². The zero-order valence-corrected chi connectivity index (χ0v) is 10.9. The first-order valence-corrected chi connectivity index (χ1v) is 6.76. The highest BCUT2D eigenvalue weighted by molar-refractivity contribution is 5.83. The summed E-state index contributed by atoms with van der Waals surface area (Å²) in [6.45, 7) is 4.50. The smallest absolute Gasteiger partial charge is 0.224 e. The number of nitrogens with zero attached hydrogens (tertiary/aromatic N) is 4. The predicted molar refractivity (Wildman–Crippen MR) is 74.9 cm³/mol. The largest absolute Gasteiger partial charge is 0.368 e. The highest BCUT2D eigenvalue weighted by Crippen LogP contribution is 2.17. The van der Waals surface area contributed by atoms with Crippen LogP contribution in [0, 0.1) is 0 Å². The summed E-state index contributed by atoms with van der Waals surface area (Å²) in [6, 6.07) is 0. The van der Waals surface area contributed by atoms with Crippen LogP contribution in [-0.2, 0) is 0 Å². The topological polar surface area (TPSA) is 95.8 Å². The Morgan fingerprint density at radius 2 is 2.16 bits per heavy atom. The molecule has 0 atom stereocenters. The van der Waals surface area contributed by atoms with E-state index in [4.69, 9.17) is 5.73 Å². The summed E-state index contributed by atoms with van der Waals surface area (Å²) in [5.74, 6) is 0.989. The molecule has 1 aliphatic rings. The minimum Gasteiger partial charge on any atom is -0.368 e. The molecule has 0 unspecified atom stereocenters. The molecule has 0 radical (unpaired) electrons. The van der Waals surface area contributed by atoms with Crippen molar-refractivity contribution in [1.29, 1.82) is 0 Å². The predicted octanol–water partition coefficient (Wildman–Crippen LogP) is 0.833. The number of aromatic nitrogens is 4. The van der Waals surface area contributed by atoms with E-state index in [0.29, 0.717) is 5.65 Å². The Morgan fingerprint density at radius 1 is 1.32 bits per heavy atom. The van der Waals surface area contributed by atoms with E-state index in [1.807, 2.05) is 0 Å². The molecule has 4 N–H and O–H groups in total. The zero-order chi connectivity index (χ0) is 13.1. The molecule has 102 valence electrons. The number of nitrogens with two attached hydrogens (primary N) is 1. The second kappa shape index (κ2) is 5.40. The number of fused-ring (bicyclic) bond motifs is 1. The summed E-state index contributed by atoms with van der Waals surface area (Å²) < 4.78 is 0. The number of H-pyrrole nitrogens is 1. The van der Waals surface area contributed by atoms with E-state index in [1.165, 1.54) is 25.9 Å². The zero-order valence-electron chi connectivity index (χ0n) is 10.9. The molecule has 0 amide bonds. The molecule has 7 nitrogen and oxygen atoms in total. The maximum Gasteiger partial charge on any atom is 0.224 e. The first-order chi connectivity index (χ1) is 9.33. The number of hydrogen-bond donors (Lipinski definition) is 3. The Balaban J connectivity index is 1.57. The molecular weight excluding hydrogens is 242 g/mol. The van der Waals surface area contributed by atoms with Crippen molar-refractivity contribution in [1.82, 2.24) is 24.8 Å². The lowest BCUT2D eigenvalue weighted by molar-refractivity contribution is 0.337. The number of likely N-dealkylation sites (tertiary alicyclic amines) is 1. The molecule has 2 aromatic rings. The molecule has 1 saturated heterocycles. The molecule has 7 heteroatoms. The van der Waals surface area contributed by atoms with Gasteiger partial charge < -0.3 is 20.9 Å². The van der Waals surface area contributed by atoms with Gasteiger partial charge in [0, 0.05) is 6.54 Å². The molecule has 19 heavy (non-hydrogen) atoms. The summed E-state index contributed by atoms with van der Waals surface area (Å²) in [5, 5.41) is 3.31. The molecule has 2 aromatic heterocycles. The van der Waals surface area contributed by atoms with Crippen molar-refractivity contribution >= 4 is 22.9 Å². The van der Waals surface area contributed by atoms with Crippen LogP contribution in [0.1, 0.15) is 19.3 Å². The van der Waals surface area contributed by atoms with Gasteiger partial charge in [-0.1, -0.05) is 0 Å². The van der Waals surface area contributed by atoms with E-state index >= 15 is 0 Å². The number of rotatable bonds is 5. The second-order valence-electron chi connectivity index (χ2n) is 4.86. The lowest BCUT2D eigenvalue weighted by Crippen LogP contribution is -2.22. The van der Waals surface area contributed by atoms with Gasteiger partial charge in [-0.05, 0) is 38.9 Å². The number of nitrogen functional groups attached to an aromatic ring is 1. The van der Waals surface area contributed by atoms with E-state index in [0.717, 1.165) is 30.8 Å². The van der Waals surface area contributed by atoms with Crippen LogP contribution in [0.15, 0.2) is 6.33 Å². The first-order valence-electron chi connectivity index (χ1n) is 6.76. The van der Waals surface area contributed by atoms with E-state index in [1.54, 1.807) is 6.33 Å². The number of anilines is 2. The molecule has 0 saturated carbocycles. The number of hydrogen-bond acceptors (Lipinski definition) is 6. The van der Waals surface area contributed by atoms with Gasteiger partial charge in [-0.3, -0.25) is 0 Å². The van der Waals surface area contributed by atoms with E-state index in [2.05, 4.69) is 30.2 Å². The fourth-order valence-corrected chi connectivity index (χ4v) is 2.49. The number of nitrogens with one attached hydrogen (secondary N) is 2. The third kappa shape index (κ3) is 2.76. The summed E-state index contributed by atoms with van der Waals surface area (Å²) in [5.41, 5.74) is 7.08. The minimum absolute atomic E-state index is 0.252. The van der Waals surface area contributed by atoms with E-state index < -0.39 is 0 Å². The van der Waals surface area contributed by atoms with Gasteiger partial charge in [0.2, 0.25) is 5.95 Å². The standard InChI is InChI=1S/C12H19N7/c13-12-17-10(9-11(18-12)16-8-15-9)14-4-3-7-19-5-1-2-6-19/h8H,1-7H2,(H4,13,14,15,16,17,18). The lowest BCUT2D eigenvalue weighted by atomic mass is 10.3. The molecule has 1 fully saturated rings. The van der Waals surface area contributed by atoms with Crippen LogP contribution in [0.3, 0.4) is 0 Å². The summed E-state index contributed by atoms with van der Waals surface area (Å²) in [7, 11) is 0. The van der Waals surface area contributed by atoms with Crippen LogP contribution < -0.4 is 11.1 Å². The average molecular weight is 261 g/mol. The molecule has 0 bridgehead atoms. The van der Waals surface area contributed by atoms with Crippen molar-refractivity contribution in [2.24, 2.45) is 0 Å². The van der Waals surface area contributed by atoms with E-state index in [9.17, 15) is 0 Å². The Morgan fingerprint density at radius 3 is 3.00 bits per heavy atom. The van der Waals surface area contributed by atoms with Gasteiger partial charge in [0.15, 0.2) is 11.5 Å². The minimum atomic E-state index is 0.252. The lowest BCUT2D eigenvalue weighted by Gasteiger charge is -2.14. The molecule has 0 aliphatic carbocycles. The average Bonchev–Trinajstić information content (AvgIpc) is 3.04. The van der Waals surface area contributed by atoms with Gasteiger partial charge in [0.05, 0.1) is 6.33 Å². The fraction of sp³-hybridized carbons (Fsp3) is 0.583. The van der Waals surface area contributed by atoms with Crippen molar-refractivity contribution in [3.63, 3.8) is 0 Å². The quantitative estimate of drug-likeness (QED) is 0.690. The molecule has 0 aromatic carbocycles. The normalized spacial score (nSPS) is 16.2. The molecule has 0 spiro atoms. The van der Waals surface area contributed by atoms with Crippen LogP contribution in [0.5, 0.6) is 0 Å². The van der Waals surface area contributed by atoms with Crippen LogP contribution in [0.4, 0.5) is 11.8 Å². The van der Waals surface area contributed by atoms with Crippen molar-refractivity contribution in [2.75, 3.05) is 37.2 Å². The summed E-state index contributed by atoms with van der Waals surface area (Å²) in [4.78, 5) is 17.9. The third-order valence-corrected chi connectivity index (χ3v) is 3.45.